The van der Waals surface area contributed by atoms with Crippen molar-refractivity contribution >= 4 is 5.82 Å². The molecule has 0 aliphatic carbocycles. The molecule has 0 unspecified atom stereocenters. The Morgan fingerprint density at radius 3 is 3.00 bits per heavy atom. The van der Waals surface area contributed by atoms with Gasteiger partial charge in [-0.15, -0.1) is 5.75 Å². The first kappa shape index (κ1) is 15.6. The number of aryl methyl sites for hydroxylation is 1. The molecular weight excluding hydrogens is 283 g/mol. The van der Waals surface area contributed by atoms with Gasteiger partial charge in [0, 0.05) is 12.3 Å². The number of hydrogen-bond donors (Lipinski definition) is 1. The summed E-state index contributed by atoms with van der Waals surface area (Å²) in [6, 6.07) is 6.45. The predicted octanol–water partition coefficient (Wildman–Crippen LogP) is -0.936. The molecule has 1 aromatic carbocycles. The summed E-state index contributed by atoms with van der Waals surface area (Å²) in [5, 5.41) is 14.5. The zero-order valence-electron chi connectivity index (χ0n) is 11.5. The van der Waals surface area contributed by atoms with Crippen LogP contribution in [0.15, 0.2) is 30.5 Å². The second kappa shape index (κ2) is 6.77. The van der Waals surface area contributed by atoms with Crippen LogP contribution in [0.5, 0.6) is 23.0 Å². The van der Waals surface area contributed by atoms with Crippen molar-refractivity contribution in [2.24, 2.45) is 0 Å². The number of anilines is 1. The Kier molecular flexibility index (Phi) is 5.28. The van der Waals surface area contributed by atoms with Crippen molar-refractivity contribution in [3.63, 3.8) is 0 Å². The van der Waals surface area contributed by atoms with E-state index in [0.717, 1.165) is 12.1 Å². The monoisotopic (exact) mass is 296 g/mol. The van der Waals surface area contributed by atoms with Crippen molar-refractivity contribution in [2.75, 3.05) is 18.5 Å². The number of pyridine rings is 1. The number of nitrogens with zero attached hydrogens (tertiary/aromatic N) is 1. The van der Waals surface area contributed by atoms with Crippen LogP contribution in [0.2, 0.25) is 0 Å². The second-order valence-electron chi connectivity index (χ2n) is 4.29. The first-order valence-corrected chi connectivity index (χ1v) is 6.05. The van der Waals surface area contributed by atoms with E-state index in [-0.39, 0.29) is 57.1 Å². The van der Waals surface area contributed by atoms with E-state index in [1.54, 1.807) is 18.3 Å². The van der Waals surface area contributed by atoms with E-state index in [1.807, 2.05) is 6.92 Å². The van der Waals surface area contributed by atoms with Crippen molar-refractivity contribution in [3.05, 3.63) is 36.0 Å². The summed E-state index contributed by atoms with van der Waals surface area (Å²) in [6.07, 6.45) is 1.65. The van der Waals surface area contributed by atoms with Crippen LogP contribution in [-0.4, -0.2) is 18.1 Å². The van der Waals surface area contributed by atoms with Crippen LogP contribution in [0.1, 0.15) is 5.56 Å². The largest absolute Gasteiger partial charge is 1.00 e. The summed E-state index contributed by atoms with van der Waals surface area (Å²) < 4.78 is 11.4. The molecule has 2 aromatic rings. The molecule has 0 radical (unpaired) electrons. The molecule has 1 aliphatic heterocycles. The fourth-order valence-corrected chi connectivity index (χ4v) is 1.91. The number of aromatic nitrogens is 1. The maximum Gasteiger partial charge on any atom is 1.00 e. The molecule has 3 rings (SSSR count). The van der Waals surface area contributed by atoms with E-state index in [2.05, 4.69) is 10.3 Å². The van der Waals surface area contributed by atoms with Crippen molar-refractivity contribution in [1.29, 1.82) is 0 Å². The van der Waals surface area contributed by atoms with E-state index >= 15 is 0 Å². The average molecular weight is 296 g/mol. The van der Waals surface area contributed by atoms with Crippen LogP contribution in [0.25, 0.3) is 0 Å². The number of hydrogen-bond acceptors (Lipinski definition) is 5. The topological polar surface area (TPSA) is 66.4 Å². The van der Waals surface area contributed by atoms with E-state index < -0.39 is 0 Å². The molecule has 0 spiro atoms. The normalized spacial score (nSPS) is 12.4. The molecule has 0 bridgehead atoms. The molecule has 0 atom stereocenters. The average Bonchev–Trinajstić information content (AvgIpc) is 2.43. The van der Waals surface area contributed by atoms with Gasteiger partial charge in [-0.3, -0.25) is 0 Å². The van der Waals surface area contributed by atoms with Gasteiger partial charge in [-0.05, 0) is 18.6 Å². The van der Waals surface area contributed by atoms with Crippen LogP contribution in [0, 0.1) is 6.92 Å². The van der Waals surface area contributed by atoms with Crippen LogP contribution < -0.4 is 71.3 Å². The maximum absolute atomic E-state index is 11.4. The van der Waals surface area contributed by atoms with Crippen molar-refractivity contribution < 1.29 is 66.0 Å². The third kappa shape index (κ3) is 3.26. The molecule has 0 saturated heterocycles. The fourth-order valence-electron chi connectivity index (χ4n) is 1.91. The van der Waals surface area contributed by atoms with Gasteiger partial charge in [0.05, 0.1) is 6.54 Å². The van der Waals surface area contributed by atoms with Crippen LogP contribution in [0.4, 0.5) is 5.82 Å². The fraction of sp³-hybridized carbons (Fsp3) is 0.214. The molecule has 2 heterocycles. The third-order valence-electron chi connectivity index (χ3n) is 2.89. The van der Waals surface area contributed by atoms with Gasteiger partial charge in [0.1, 0.15) is 12.4 Å². The summed E-state index contributed by atoms with van der Waals surface area (Å²) in [5.74, 6) is 2.27. The summed E-state index contributed by atoms with van der Waals surface area (Å²) in [7, 11) is 0. The van der Waals surface area contributed by atoms with Gasteiger partial charge in [-0.1, -0.05) is 12.1 Å². The summed E-state index contributed by atoms with van der Waals surface area (Å²) in [5.41, 5.74) is 0.897. The molecule has 1 N–H and O–H groups in total. The van der Waals surface area contributed by atoms with Gasteiger partial charge < -0.3 is 19.9 Å². The molecule has 0 saturated carbocycles. The standard InChI is InChI=1S/C14H14N2O3.K/c1-9-2-3-10(17)8-12(9)19-11-4-5-15-14-13(11)18-7-6-16-14;/h2-5,8,17H,6-7H2,1H3,(H,15,16);/q;+1/p-1. The minimum atomic E-state index is -0.0810. The van der Waals surface area contributed by atoms with Crippen LogP contribution in [-0.2, 0) is 0 Å². The molecule has 6 heteroatoms. The second-order valence-corrected chi connectivity index (χ2v) is 4.29. The van der Waals surface area contributed by atoms with Crippen LogP contribution >= 0.6 is 0 Å². The number of ether oxygens (including phenoxy) is 2. The molecule has 1 aliphatic rings. The predicted molar refractivity (Wildman–Crippen MR) is 68.9 cm³/mol. The Hall–Kier alpha value is -0.794. The van der Waals surface area contributed by atoms with Crippen molar-refractivity contribution in [3.8, 4) is 23.0 Å². The van der Waals surface area contributed by atoms with Gasteiger partial charge in [0.2, 0.25) is 5.75 Å². The maximum atomic E-state index is 11.4. The minimum absolute atomic E-state index is 0. The molecule has 5 nitrogen and oxygen atoms in total. The smallest absolute Gasteiger partial charge is 0.872 e. The molecule has 20 heavy (non-hydrogen) atoms. The first-order valence-electron chi connectivity index (χ1n) is 6.05. The zero-order valence-corrected chi connectivity index (χ0v) is 14.6. The summed E-state index contributed by atoms with van der Waals surface area (Å²) >= 11 is 0. The molecular formula is C14H13KN2O3. The number of fused-ring (bicyclic) bond motifs is 1. The minimum Gasteiger partial charge on any atom is -0.872 e. The molecule has 98 valence electrons. The zero-order chi connectivity index (χ0) is 13.2. The Balaban J connectivity index is 0.00000147. The van der Waals surface area contributed by atoms with Gasteiger partial charge in [-0.25, -0.2) is 4.98 Å². The quantitative estimate of drug-likeness (QED) is 0.725. The number of benzene rings is 1. The summed E-state index contributed by atoms with van der Waals surface area (Å²) in [6.45, 7) is 3.18. The van der Waals surface area contributed by atoms with E-state index in [1.165, 1.54) is 12.1 Å². The number of rotatable bonds is 2. The van der Waals surface area contributed by atoms with Gasteiger partial charge in [0.25, 0.3) is 0 Å². The van der Waals surface area contributed by atoms with Crippen molar-refractivity contribution in [1.82, 2.24) is 4.98 Å². The van der Waals surface area contributed by atoms with Gasteiger partial charge >= 0.3 is 51.4 Å². The molecule has 1 aromatic heterocycles. The number of nitrogens with one attached hydrogen (secondary N) is 1. The Morgan fingerprint density at radius 2 is 2.15 bits per heavy atom. The van der Waals surface area contributed by atoms with E-state index in [4.69, 9.17) is 9.47 Å². The van der Waals surface area contributed by atoms with Gasteiger partial charge in [-0.2, -0.15) is 0 Å². The molecule has 0 amide bonds. The van der Waals surface area contributed by atoms with Crippen LogP contribution in [0.3, 0.4) is 0 Å². The Morgan fingerprint density at radius 1 is 1.30 bits per heavy atom. The molecule has 0 fully saturated rings. The summed E-state index contributed by atoms with van der Waals surface area (Å²) in [4.78, 5) is 4.18. The first-order chi connectivity index (χ1) is 9.24. The van der Waals surface area contributed by atoms with E-state index in [0.29, 0.717) is 29.7 Å². The van der Waals surface area contributed by atoms with Crippen molar-refractivity contribution in [2.45, 2.75) is 6.92 Å². The SMILES string of the molecule is Cc1ccc([O-])cc1Oc1ccnc2c1OCCN2.[K+]. The van der Waals surface area contributed by atoms with E-state index in [9.17, 15) is 5.11 Å². The Bertz CT molecular complexity index is 619. The third-order valence-corrected chi connectivity index (χ3v) is 2.89. The Labute approximate surface area is 159 Å². The van der Waals surface area contributed by atoms with Gasteiger partial charge in [0.15, 0.2) is 11.6 Å².